The first kappa shape index (κ1) is 21.0. The van der Waals surface area contributed by atoms with Gasteiger partial charge in [-0.05, 0) is 35.6 Å². The Bertz CT molecular complexity index is 841. The lowest BCUT2D eigenvalue weighted by Crippen LogP contribution is -2.51. The van der Waals surface area contributed by atoms with Crippen molar-refractivity contribution in [3.8, 4) is 17.3 Å². The number of nitriles is 1. The highest BCUT2D eigenvalue weighted by atomic mass is 16.2. The van der Waals surface area contributed by atoms with Gasteiger partial charge in [0, 0.05) is 19.7 Å². The Morgan fingerprint density at radius 2 is 1.57 bits per heavy atom. The second-order valence-electron chi connectivity index (χ2n) is 7.08. The molecule has 0 aliphatic rings. The van der Waals surface area contributed by atoms with Crippen LogP contribution in [0.1, 0.15) is 30.6 Å². The normalized spacial score (nSPS) is 11.4. The molecule has 6 heteroatoms. The summed E-state index contributed by atoms with van der Waals surface area (Å²) in [5.41, 5.74) is 2.57. The van der Waals surface area contributed by atoms with E-state index in [0.717, 1.165) is 16.1 Å². The third-order valence-electron chi connectivity index (χ3n) is 4.48. The van der Waals surface area contributed by atoms with Crippen LogP contribution in [0.3, 0.4) is 0 Å². The number of carbonyl (C=O) groups excluding carboxylic acids is 2. The molecule has 146 valence electrons. The lowest BCUT2D eigenvalue weighted by Gasteiger charge is -2.28. The van der Waals surface area contributed by atoms with Crippen molar-refractivity contribution < 1.29 is 9.59 Å². The van der Waals surface area contributed by atoms with Crippen molar-refractivity contribution in [2.24, 2.45) is 5.92 Å². The van der Waals surface area contributed by atoms with Crippen LogP contribution in [0.15, 0.2) is 54.6 Å². The van der Waals surface area contributed by atoms with Crippen molar-refractivity contribution in [3.05, 3.63) is 60.2 Å². The van der Waals surface area contributed by atoms with Crippen LogP contribution in [-0.2, 0) is 4.79 Å². The average Bonchev–Trinajstić information content (AvgIpc) is 2.72. The van der Waals surface area contributed by atoms with Crippen LogP contribution in [0.25, 0.3) is 11.1 Å². The van der Waals surface area contributed by atoms with Gasteiger partial charge < -0.3 is 5.32 Å². The molecule has 2 rings (SSSR count). The van der Waals surface area contributed by atoms with E-state index in [1.165, 1.54) is 19.1 Å². The summed E-state index contributed by atoms with van der Waals surface area (Å²) < 4.78 is 0. The number of carbonyl (C=O) groups is 2. The van der Waals surface area contributed by atoms with Gasteiger partial charge >= 0.3 is 0 Å². The minimum Gasteiger partial charge on any atom is -0.340 e. The highest BCUT2D eigenvalue weighted by Gasteiger charge is 2.27. The molecule has 0 heterocycles. The summed E-state index contributed by atoms with van der Waals surface area (Å²) in [6.07, 6.45) is 2.37. The molecular weight excluding hydrogens is 352 g/mol. The number of hydrogen-bond donors (Lipinski definition) is 1. The zero-order chi connectivity index (χ0) is 20.7. The van der Waals surface area contributed by atoms with E-state index in [-0.39, 0.29) is 17.7 Å². The Morgan fingerprint density at radius 3 is 2.11 bits per heavy atom. The second kappa shape index (κ2) is 9.56. The zero-order valence-electron chi connectivity index (χ0n) is 16.7. The minimum absolute atomic E-state index is 0.204. The first-order chi connectivity index (χ1) is 13.3. The Labute approximate surface area is 166 Å². The minimum atomic E-state index is -0.706. The van der Waals surface area contributed by atoms with Crippen molar-refractivity contribution in [1.82, 2.24) is 15.3 Å². The van der Waals surface area contributed by atoms with E-state index < -0.39 is 6.04 Å². The Morgan fingerprint density at radius 1 is 1.00 bits per heavy atom. The number of likely N-dealkylation sites (N-methyl/N-ethyl adjacent to an activating group) is 1. The number of nitrogens with zero attached hydrogens (tertiary/aromatic N) is 3. The van der Waals surface area contributed by atoms with Crippen LogP contribution in [0, 0.1) is 17.4 Å². The van der Waals surface area contributed by atoms with Gasteiger partial charge in [-0.1, -0.05) is 56.3 Å². The Balaban J connectivity index is 2.14. The molecule has 0 bridgehead atoms. The topological polar surface area (TPSA) is 76.4 Å². The van der Waals surface area contributed by atoms with Crippen LogP contribution in [0.5, 0.6) is 0 Å². The molecule has 0 saturated carbocycles. The molecule has 2 aromatic carbocycles. The number of rotatable bonds is 7. The number of nitrogens with one attached hydrogen (secondary N) is 1. The smallest absolute Gasteiger partial charge is 0.263 e. The van der Waals surface area contributed by atoms with E-state index in [9.17, 15) is 9.59 Å². The SMILES string of the molecule is CC(C)CC(NC(=O)c1ccc(-c2ccccc2)cc1)C(=O)N(C)N(C)C#N. The predicted molar refractivity (Wildman–Crippen MR) is 109 cm³/mol. The number of hydrazine groups is 1. The molecule has 2 aromatic rings. The van der Waals surface area contributed by atoms with E-state index in [0.29, 0.717) is 12.0 Å². The van der Waals surface area contributed by atoms with Gasteiger partial charge in [0.1, 0.15) is 6.04 Å². The van der Waals surface area contributed by atoms with Crippen molar-refractivity contribution >= 4 is 11.8 Å². The molecule has 0 aromatic heterocycles. The van der Waals surface area contributed by atoms with Gasteiger partial charge in [-0.15, -0.1) is 0 Å². The van der Waals surface area contributed by atoms with Crippen molar-refractivity contribution in [3.63, 3.8) is 0 Å². The maximum atomic E-state index is 12.7. The third kappa shape index (κ3) is 5.34. The summed E-state index contributed by atoms with van der Waals surface area (Å²) in [5, 5.41) is 14.2. The van der Waals surface area contributed by atoms with E-state index in [4.69, 9.17) is 5.26 Å². The molecule has 0 aliphatic carbocycles. The molecule has 0 fully saturated rings. The van der Waals surface area contributed by atoms with Gasteiger partial charge in [0.2, 0.25) is 0 Å². The summed E-state index contributed by atoms with van der Waals surface area (Å²) in [7, 11) is 3.01. The predicted octanol–water partition coefficient (Wildman–Crippen LogP) is 3.28. The van der Waals surface area contributed by atoms with Crippen LogP contribution >= 0.6 is 0 Å². The summed E-state index contributed by atoms with van der Waals surface area (Å²) in [4.78, 5) is 25.4. The van der Waals surface area contributed by atoms with E-state index in [1.54, 1.807) is 12.1 Å². The van der Waals surface area contributed by atoms with Gasteiger partial charge in [0.15, 0.2) is 6.19 Å². The first-order valence-corrected chi connectivity index (χ1v) is 9.20. The molecule has 1 N–H and O–H groups in total. The van der Waals surface area contributed by atoms with E-state index in [2.05, 4.69) is 5.32 Å². The fraction of sp³-hybridized carbons (Fsp3) is 0.318. The Hall–Kier alpha value is -3.33. The molecule has 1 atom stereocenters. The fourth-order valence-electron chi connectivity index (χ4n) is 2.82. The van der Waals surface area contributed by atoms with Crippen molar-refractivity contribution in [1.29, 1.82) is 5.26 Å². The maximum Gasteiger partial charge on any atom is 0.263 e. The molecule has 0 radical (unpaired) electrons. The number of hydrogen-bond acceptors (Lipinski definition) is 4. The fourth-order valence-corrected chi connectivity index (χ4v) is 2.82. The Kier molecular flexibility index (Phi) is 7.16. The molecule has 0 saturated heterocycles. The monoisotopic (exact) mass is 378 g/mol. The van der Waals surface area contributed by atoms with Gasteiger partial charge in [-0.3, -0.25) is 9.59 Å². The van der Waals surface area contributed by atoms with Gasteiger partial charge in [-0.2, -0.15) is 5.26 Å². The van der Waals surface area contributed by atoms with Crippen LogP contribution in [0.4, 0.5) is 0 Å². The third-order valence-corrected chi connectivity index (χ3v) is 4.48. The first-order valence-electron chi connectivity index (χ1n) is 9.20. The van der Waals surface area contributed by atoms with Crippen LogP contribution in [-0.4, -0.2) is 42.0 Å². The molecule has 2 amide bonds. The van der Waals surface area contributed by atoms with E-state index in [1.807, 2.05) is 62.5 Å². The largest absolute Gasteiger partial charge is 0.340 e. The zero-order valence-corrected chi connectivity index (χ0v) is 16.7. The quantitative estimate of drug-likeness (QED) is 0.456. The lowest BCUT2D eigenvalue weighted by molar-refractivity contribution is -0.142. The van der Waals surface area contributed by atoms with Crippen molar-refractivity contribution in [2.45, 2.75) is 26.3 Å². The molecule has 0 spiro atoms. The lowest BCUT2D eigenvalue weighted by atomic mass is 10.0. The highest BCUT2D eigenvalue weighted by molar-refractivity contribution is 5.97. The molecular formula is C22H26N4O2. The van der Waals surface area contributed by atoms with Gasteiger partial charge in [0.05, 0.1) is 0 Å². The summed E-state index contributed by atoms with van der Waals surface area (Å²) >= 11 is 0. The van der Waals surface area contributed by atoms with Gasteiger partial charge in [-0.25, -0.2) is 10.0 Å². The van der Waals surface area contributed by atoms with Crippen LogP contribution in [0.2, 0.25) is 0 Å². The van der Waals surface area contributed by atoms with Gasteiger partial charge in [0.25, 0.3) is 11.8 Å². The second-order valence-corrected chi connectivity index (χ2v) is 7.08. The van der Waals surface area contributed by atoms with Crippen LogP contribution < -0.4 is 5.32 Å². The maximum absolute atomic E-state index is 12.7. The van der Waals surface area contributed by atoms with E-state index >= 15 is 0 Å². The summed E-state index contributed by atoms with van der Waals surface area (Å²) in [5.74, 6) is -0.436. The van der Waals surface area contributed by atoms with Crippen molar-refractivity contribution in [2.75, 3.05) is 14.1 Å². The summed E-state index contributed by atoms with van der Waals surface area (Å²) in [6.45, 7) is 3.96. The molecule has 1 unspecified atom stereocenters. The molecule has 6 nitrogen and oxygen atoms in total. The number of benzene rings is 2. The molecule has 28 heavy (non-hydrogen) atoms. The average molecular weight is 378 g/mol. The number of amides is 2. The molecule has 0 aliphatic heterocycles. The summed E-state index contributed by atoms with van der Waals surface area (Å²) in [6, 6.07) is 16.5. The standard InChI is InChI=1S/C22H26N4O2/c1-16(2)14-20(22(28)26(4)25(3)15-23)24-21(27)19-12-10-18(11-13-19)17-8-6-5-7-9-17/h5-13,16,20H,14H2,1-4H3,(H,24,27). The highest BCUT2D eigenvalue weighted by Crippen LogP contribution is 2.19.